The van der Waals surface area contributed by atoms with Crippen LogP contribution in [0.4, 0.5) is 9.52 Å². The first-order valence-corrected chi connectivity index (χ1v) is 11.5. The Hall–Kier alpha value is -2.37. The van der Waals surface area contributed by atoms with E-state index >= 15 is 0 Å². The molecule has 1 aromatic heterocycles. The zero-order valence-corrected chi connectivity index (χ0v) is 17.0. The third-order valence-electron chi connectivity index (χ3n) is 4.56. The van der Waals surface area contributed by atoms with Gasteiger partial charge >= 0.3 is 0 Å². The minimum atomic E-state index is -3.32. The summed E-state index contributed by atoms with van der Waals surface area (Å²) in [7, 11) is -3.32. The maximum Gasteiger partial charge on any atom is 0.278 e. The van der Waals surface area contributed by atoms with E-state index in [0.29, 0.717) is 56.0 Å². The highest BCUT2D eigenvalue weighted by molar-refractivity contribution is 7.92. The first-order valence-electron chi connectivity index (χ1n) is 9.12. The van der Waals surface area contributed by atoms with Crippen molar-refractivity contribution in [3.8, 4) is 0 Å². The summed E-state index contributed by atoms with van der Waals surface area (Å²) in [5, 5.41) is 8.00. The van der Waals surface area contributed by atoms with Crippen LogP contribution in [0.2, 0.25) is 0 Å². The van der Waals surface area contributed by atoms with Crippen LogP contribution in [0.1, 0.15) is 18.4 Å². The highest BCUT2D eigenvalue weighted by Crippen LogP contribution is 2.33. The number of thiazole rings is 1. The number of anilines is 1. The minimum Gasteiger partial charge on any atom is -0.378 e. The lowest BCUT2D eigenvalue weighted by Crippen LogP contribution is -2.35. The van der Waals surface area contributed by atoms with Crippen LogP contribution in [-0.4, -0.2) is 61.6 Å². The van der Waals surface area contributed by atoms with Crippen molar-refractivity contribution in [2.75, 3.05) is 31.6 Å². The second-order valence-electron chi connectivity index (χ2n) is 6.71. The van der Waals surface area contributed by atoms with Crippen molar-refractivity contribution in [1.29, 1.82) is 0 Å². The Morgan fingerprint density at radius 2 is 1.93 bits per heavy atom. The molecular weight excluding hydrogens is 419 g/mol. The molecule has 1 aromatic carbocycles. The molecule has 4 rings (SSSR count). The maximum absolute atomic E-state index is 13.2. The van der Waals surface area contributed by atoms with Crippen LogP contribution >= 0.6 is 11.3 Å². The summed E-state index contributed by atoms with van der Waals surface area (Å²) >= 11 is 0.713. The maximum atomic E-state index is 13.2. The number of amides is 1. The summed E-state index contributed by atoms with van der Waals surface area (Å²) in [5.74, 6) is -0.552. The lowest BCUT2D eigenvalue weighted by Gasteiger charge is -2.24. The Balaban J connectivity index is 1.62. The molecular formula is C18H19FN4O4S2. The van der Waals surface area contributed by atoms with Gasteiger partial charge in [-0.1, -0.05) is 23.5 Å². The number of hydrogen-bond acceptors (Lipinski definition) is 8. The molecule has 0 bridgehead atoms. The van der Waals surface area contributed by atoms with E-state index in [1.807, 2.05) is 0 Å². The van der Waals surface area contributed by atoms with E-state index < -0.39 is 20.9 Å². The number of morpholine rings is 1. The fraction of sp³-hybridized carbons (Fsp3) is 0.389. The lowest BCUT2D eigenvalue weighted by molar-refractivity contribution is -0.110. The highest BCUT2D eigenvalue weighted by Gasteiger charge is 2.36. The van der Waals surface area contributed by atoms with E-state index in [1.165, 1.54) is 12.1 Å². The van der Waals surface area contributed by atoms with Crippen LogP contribution < -0.4 is 5.32 Å². The van der Waals surface area contributed by atoms with Crippen molar-refractivity contribution in [2.45, 2.75) is 23.0 Å². The van der Waals surface area contributed by atoms with Crippen LogP contribution in [0.5, 0.6) is 0 Å². The van der Waals surface area contributed by atoms with Crippen molar-refractivity contribution < 1.29 is 22.3 Å². The Labute approximate surface area is 171 Å². The number of carbonyl (C=O) groups is 1. The number of sulfone groups is 1. The van der Waals surface area contributed by atoms with Gasteiger partial charge in [0.1, 0.15) is 0 Å². The van der Waals surface area contributed by atoms with Gasteiger partial charge in [-0.15, -0.1) is 0 Å². The molecule has 29 heavy (non-hydrogen) atoms. The third-order valence-corrected chi connectivity index (χ3v) is 7.54. The van der Waals surface area contributed by atoms with Crippen LogP contribution in [0.15, 0.2) is 40.5 Å². The SMILES string of the molecule is O=C(Nc1ncc(F)s1)/C(=N/N1CCOCC1)c1ccc(S(=O)(=O)C2CC2)cc1. The van der Waals surface area contributed by atoms with Gasteiger partial charge in [0.25, 0.3) is 5.91 Å². The van der Waals surface area contributed by atoms with E-state index in [-0.39, 0.29) is 21.0 Å². The molecule has 0 atom stereocenters. The molecule has 1 aliphatic heterocycles. The quantitative estimate of drug-likeness (QED) is 0.692. The van der Waals surface area contributed by atoms with Crippen molar-refractivity contribution in [2.24, 2.45) is 5.10 Å². The molecule has 0 spiro atoms. The third kappa shape index (κ3) is 4.62. The minimum absolute atomic E-state index is 0.0953. The molecule has 2 aromatic rings. The Bertz CT molecular complexity index is 1030. The Kier molecular flexibility index (Phi) is 5.61. The van der Waals surface area contributed by atoms with Gasteiger partial charge in [0.2, 0.25) is 0 Å². The first-order chi connectivity index (χ1) is 13.9. The fourth-order valence-electron chi connectivity index (χ4n) is 2.87. The van der Waals surface area contributed by atoms with E-state index in [1.54, 1.807) is 17.1 Å². The lowest BCUT2D eigenvalue weighted by atomic mass is 10.1. The summed E-state index contributed by atoms with van der Waals surface area (Å²) in [6, 6.07) is 6.12. The van der Waals surface area contributed by atoms with Crippen molar-refractivity contribution in [1.82, 2.24) is 9.99 Å². The van der Waals surface area contributed by atoms with Crippen molar-refractivity contribution in [3.05, 3.63) is 41.2 Å². The molecule has 1 saturated carbocycles. The van der Waals surface area contributed by atoms with Crippen LogP contribution in [0.25, 0.3) is 0 Å². The van der Waals surface area contributed by atoms with Gasteiger partial charge < -0.3 is 4.74 Å². The summed E-state index contributed by atoms with van der Waals surface area (Å²) in [6.07, 6.45) is 2.39. The van der Waals surface area contributed by atoms with Gasteiger partial charge in [0.05, 0.1) is 42.6 Å². The average Bonchev–Trinajstić information content (AvgIpc) is 3.51. The topological polar surface area (TPSA) is 101 Å². The summed E-state index contributed by atoms with van der Waals surface area (Å²) in [5.41, 5.74) is 0.554. The van der Waals surface area contributed by atoms with Crippen LogP contribution in [0.3, 0.4) is 0 Å². The summed E-state index contributed by atoms with van der Waals surface area (Å²) in [6.45, 7) is 2.04. The molecule has 2 aliphatic rings. The normalized spacial score (nSPS) is 18.0. The number of hydrazone groups is 1. The van der Waals surface area contributed by atoms with E-state index in [0.717, 1.165) is 6.20 Å². The second-order valence-corrected chi connectivity index (χ2v) is 9.92. The van der Waals surface area contributed by atoms with Gasteiger partial charge in [0.15, 0.2) is 25.8 Å². The van der Waals surface area contributed by atoms with Gasteiger partial charge in [-0.3, -0.25) is 15.1 Å². The molecule has 11 heteroatoms. The van der Waals surface area contributed by atoms with Gasteiger partial charge in [-0.25, -0.2) is 13.4 Å². The Morgan fingerprint density at radius 3 is 2.52 bits per heavy atom. The number of ether oxygens (including phenoxy) is 1. The van der Waals surface area contributed by atoms with E-state index in [2.05, 4.69) is 15.4 Å². The second kappa shape index (κ2) is 8.17. The molecule has 2 heterocycles. The van der Waals surface area contributed by atoms with Crippen LogP contribution in [0, 0.1) is 5.13 Å². The molecule has 154 valence electrons. The molecule has 0 unspecified atom stereocenters. The number of benzene rings is 1. The number of hydrogen-bond donors (Lipinski definition) is 1. The summed E-state index contributed by atoms with van der Waals surface area (Å²) < 4.78 is 43.3. The number of aromatic nitrogens is 1. The molecule has 8 nitrogen and oxygen atoms in total. The zero-order valence-electron chi connectivity index (χ0n) is 15.4. The highest BCUT2D eigenvalue weighted by atomic mass is 32.2. The predicted octanol–water partition coefficient (Wildman–Crippen LogP) is 1.89. The van der Waals surface area contributed by atoms with Crippen LogP contribution in [-0.2, 0) is 19.4 Å². The Morgan fingerprint density at radius 1 is 1.24 bits per heavy atom. The standard InChI is InChI=1S/C18H19FN4O4S2/c19-15-11-20-18(28-15)21-17(24)16(22-23-7-9-27-10-8-23)12-1-3-13(4-2-12)29(25,26)14-5-6-14/h1-4,11,14H,5-10H2,(H,20,21,24)/b22-16+. The van der Waals surface area contributed by atoms with E-state index in [4.69, 9.17) is 4.74 Å². The monoisotopic (exact) mass is 438 g/mol. The molecule has 1 N–H and O–H groups in total. The van der Waals surface area contributed by atoms with Crippen molar-refractivity contribution in [3.63, 3.8) is 0 Å². The number of nitrogens with zero attached hydrogens (tertiary/aromatic N) is 3. The first kappa shape index (κ1) is 19.9. The average molecular weight is 439 g/mol. The largest absolute Gasteiger partial charge is 0.378 e. The number of rotatable bonds is 6. The molecule has 1 amide bonds. The number of nitrogens with one attached hydrogen (secondary N) is 1. The van der Waals surface area contributed by atoms with Gasteiger partial charge in [-0.05, 0) is 25.0 Å². The van der Waals surface area contributed by atoms with Crippen molar-refractivity contribution >= 4 is 37.9 Å². The number of halogens is 1. The molecule has 2 fully saturated rings. The summed E-state index contributed by atoms with van der Waals surface area (Å²) in [4.78, 5) is 16.9. The smallest absolute Gasteiger partial charge is 0.278 e. The fourth-order valence-corrected chi connectivity index (χ4v) is 5.07. The molecule has 0 radical (unpaired) electrons. The van der Waals surface area contributed by atoms with E-state index in [9.17, 15) is 17.6 Å². The number of carbonyl (C=O) groups excluding carboxylic acids is 1. The molecule has 1 aliphatic carbocycles. The zero-order chi connectivity index (χ0) is 20.4. The van der Waals surface area contributed by atoms with Gasteiger partial charge in [0, 0.05) is 5.56 Å². The molecule has 1 saturated heterocycles. The predicted molar refractivity (Wildman–Crippen MR) is 106 cm³/mol. The van der Waals surface area contributed by atoms with Gasteiger partial charge in [-0.2, -0.15) is 9.49 Å².